The maximum Gasteiger partial charge on any atom is 0.225 e. The Bertz CT molecular complexity index is 449. The fourth-order valence-electron chi connectivity index (χ4n) is 2.92. The first-order chi connectivity index (χ1) is 10.1. The molecule has 0 saturated carbocycles. The summed E-state index contributed by atoms with van der Waals surface area (Å²) >= 11 is 1.85. The fraction of sp³-hybridized carbons (Fsp3) is 0.706. The molecule has 21 heavy (non-hydrogen) atoms. The number of thiophene rings is 1. The molecule has 0 N–H and O–H groups in total. The smallest absolute Gasteiger partial charge is 0.225 e. The molecule has 1 saturated heterocycles. The topological polar surface area (TPSA) is 23.6 Å². The number of likely N-dealkylation sites (tertiary alicyclic amines) is 1. The average Bonchev–Trinajstić information content (AvgIpc) is 2.90. The molecule has 0 radical (unpaired) electrons. The summed E-state index contributed by atoms with van der Waals surface area (Å²) < 4.78 is 0. The molecule has 118 valence electrons. The average molecular weight is 308 g/mol. The zero-order chi connectivity index (χ0) is 15.2. The summed E-state index contributed by atoms with van der Waals surface area (Å²) in [6.45, 7) is 8.42. The highest BCUT2D eigenvalue weighted by molar-refractivity contribution is 7.10. The highest BCUT2D eigenvalue weighted by Gasteiger charge is 2.27. The maximum atomic E-state index is 12.4. The number of nitrogens with zero attached hydrogens (tertiary/aromatic N) is 2. The van der Waals surface area contributed by atoms with Gasteiger partial charge in [0.2, 0.25) is 5.91 Å². The van der Waals surface area contributed by atoms with Crippen molar-refractivity contribution in [1.29, 1.82) is 0 Å². The highest BCUT2D eigenvalue weighted by Crippen LogP contribution is 2.23. The van der Waals surface area contributed by atoms with E-state index in [-0.39, 0.29) is 5.92 Å². The van der Waals surface area contributed by atoms with Crippen LogP contribution in [0.5, 0.6) is 0 Å². The van der Waals surface area contributed by atoms with Gasteiger partial charge in [0.15, 0.2) is 0 Å². The second-order valence-electron chi connectivity index (χ2n) is 6.19. The molecule has 1 amide bonds. The Morgan fingerprint density at radius 2 is 2.14 bits per heavy atom. The van der Waals surface area contributed by atoms with Crippen LogP contribution in [0.4, 0.5) is 0 Å². The standard InChI is InChI=1S/C17H28N2OS/c1-4-5-9-18(3)17(20)15-6-10-19(11-7-15)13-16-14(2)8-12-21-16/h8,12,15H,4-7,9-11,13H2,1-3H3. The summed E-state index contributed by atoms with van der Waals surface area (Å²) in [6, 6.07) is 2.19. The zero-order valence-corrected chi connectivity index (χ0v) is 14.4. The van der Waals surface area contributed by atoms with E-state index in [1.165, 1.54) is 10.4 Å². The van der Waals surface area contributed by atoms with Crippen LogP contribution in [-0.2, 0) is 11.3 Å². The predicted octanol–water partition coefficient (Wildman–Crippen LogP) is 3.53. The van der Waals surface area contributed by atoms with Crippen LogP contribution in [0.25, 0.3) is 0 Å². The molecule has 0 bridgehead atoms. The van der Waals surface area contributed by atoms with Crippen molar-refractivity contribution in [3.05, 3.63) is 21.9 Å². The van der Waals surface area contributed by atoms with Crippen LogP contribution in [-0.4, -0.2) is 42.4 Å². The van der Waals surface area contributed by atoms with Gasteiger partial charge in [-0.2, -0.15) is 0 Å². The second-order valence-corrected chi connectivity index (χ2v) is 7.19. The minimum atomic E-state index is 0.243. The molecule has 1 aromatic rings. The Balaban J connectivity index is 1.77. The SMILES string of the molecule is CCCCN(C)C(=O)C1CCN(Cc2sccc2C)CC1. The molecule has 0 spiro atoms. The van der Waals surface area contributed by atoms with Crippen LogP contribution >= 0.6 is 11.3 Å². The van der Waals surface area contributed by atoms with E-state index in [2.05, 4.69) is 30.2 Å². The molecule has 0 atom stereocenters. The van der Waals surface area contributed by atoms with Crippen LogP contribution in [0.15, 0.2) is 11.4 Å². The minimum absolute atomic E-state index is 0.243. The first-order valence-corrected chi connectivity index (χ1v) is 9.00. The van der Waals surface area contributed by atoms with Gasteiger partial charge in [0.05, 0.1) is 0 Å². The van der Waals surface area contributed by atoms with Gasteiger partial charge in [-0.25, -0.2) is 0 Å². The minimum Gasteiger partial charge on any atom is -0.346 e. The lowest BCUT2D eigenvalue weighted by atomic mass is 9.95. The monoisotopic (exact) mass is 308 g/mol. The van der Waals surface area contributed by atoms with Crippen molar-refractivity contribution >= 4 is 17.2 Å². The van der Waals surface area contributed by atoms with Gasteiger partial charge >= 0.3 is 0 Å². The summed E-state index contributed by atoms with van der Waals surface area (Å²) in [7, 11) is 1.96. The summed E-state index contributed by atoms with van der Waals surface area (Å²) in [5.74, 6) is 0.600. The van der Waals surface area contributed by atoms with Crippen LogP contribution in [0, 0.1) is 12.8 Å². The van der Waals surface area contributed by atoms with E-state index in [0.717, 1.165) is 51.9 Å². The molecule has 3 nitrogen and oxygen atoms in total. The van der Waals surface area contributed by atoms with E-state index in [1.807, 2.05) is 23.3 Å². The summed E-state index contributed by atoms with van der Waals surface area (Å²) in [4.78, 5) is 18.3. The highest BCUT2D eigenvalue weighted by atomic mass is 32.1. The number of rotatable bonds is 6. The van der Waals surface area contributed by atoms with E-state index in [4.69, 9.17) is 0 Å². The number of piperidine rings is 1. The van der Waals surface area contributed by atoms with Crippen LogP contribution in [0.3, 0.4) is 0 Å². The molecule has 4 heteroatoms. The van der Waals surface area contributed by atoms with Gasteiger partial charge in [0.25, 0.3) is 0 Å². The van der Waals surface area contributed by atoms with Crippen LogP contribution in [0.1, 0.15) is 43.0 Å². The first-order valence-electron chi connectivity index (χ1n) is 8.12. The van der Waals surface area contributed by atoms with E-state index in [9.17, 15) is 4.79 Å². The fourth-order valence-corrected chi connectivity index (χ4v) is 3.87. The molecule has 2 heterocycles. The lowest BCUT2D eigenvalue weighted by Gasteiger charge is -2.33. The van der Waals surface area contributed by atoms with Crippen molar-refractivity contribution in [1.82, 2.24) is 9.80 Å². The molecule has 1 aliphatic rings. The number of hydrogen-bond donors (Lipinski definition) is 0. The van der Waals surface area contributed by atoms with E-state index >= 15 is 0 Å². The van der Waals surface area contributed by atoms with Gasteiger partial charge in [-0.05, 0) is 56.3 Å². The third kappa shape index (κ3) is 4.55. The van der Waals surface area contributed by atoms with Crippen molar-refractivity contribution in [2.75, 3.05) is 26.7 Å². The summed E-state index contributed by atoms with van der Waals surface area (Å²) in [5, 5.41) is 2.17. The molecule has 1 fully saturated rings. The molecular formula is C17H28N2OS. The van der Waals surface area contributed by atoms with Gasteiger partial charge in [-0.15, -0.1) is 11.3 Å². The molecule has 1 aromatic heterocycles. The number of carbonyl (C=O) groups excluding carboxylic acids is 1. The van der Waals surface area contributed by atoms with Crippen molar-refractivity contribution in [3.8, 4) is 0 Å². The Labute approximate surface area is 132 Å². The molecule has 0 aromatic carbocycles. The number of amides is 1. The van der Waals surface area contributed by atoms with Crippen molar-refractivity contribution < 1.29 is 4.79 Å². The Hall–Kier alpha value is -0.870. The number of aryl methyl sites for hydroxylation is 1. The Morgan fingerprint density at radius 1 is 1.43 bits per heavy atom. The molecule has 0 unspecified atom stereocenters. The summed E-state index contributed by atoms with van der Waals surface area (Å²) in [6.07, 6.45) is 4.29. The van der Waals surface area contributed by atoms with Crippen molar-refractivity contribution in [3.63, 3.8) is 0 Å². The molecule has 1 aliphatic heterocycles. The van der Waals surface area contributed by atoms with Gasteiger partial charge in [-0.3, -0.25) is 9.69 Å². The number of carbonyl (C=O) groups is 1. The molecular weight excluding hydrogens is 280 g/mol. The lowest BCUT2D eigenvalue weighted by Crippen LogP contribution is -2.41. The molecule has 2 rings (SSSR count). The molecule has 0 aliphatic carbocycles. The maximum absolute atomic E-state index is 12.4. The third-order valence-corrected chi connectivity index (χ3v) is 5.50. The van der Waals surface area contributed by atoms with Gasteiger partial charge < -0.3 is 4.90 Å². The van der Waals surface area contributed by atoms with E-state index in [1.54, 1.807) is 0 Å². The van der Waals surface area contributed by atoms with Gasteiger partial charge in [0.1, 0.15) is 0 Å². The van der Waals surface area contributed by atoms with E-state index < -0.39 is 0 Å². The second kappa shape index (κ2) is 7.95. The Morgan fingerprint density at radius 3 is 2.71 bits per heavy atom. The third-order valence-electron chi connectivity index (χ3n) is 4.50. The lowest BCUT2D eigenvalue weighted by molar-refractivity contribution is -0.135. The van der Waals surface area contributed by atoms with Gasteiger partial charge in [-0.1, -0.05) is 13.3 Å². The summed E-state index contributed by atoms with van der Waals surface area (Å²) in [5.41, 5.74) is 1.40. The Kier molecular flexibility index (Phi) is 6.24. The predicted molar refractivity (Wildman–Crippen MR) is 89.6 cm³/mol. The van der Waals surface area contributed by atoms with Crippen LogP contribution in [0.2, 0.25) is 0 Å². The normalized spacial score (nSPS) is 17.1. The largest absolute Gasteiger partial charge is 0.346 e. The first kappa shape index (κ1) is 16.5. The zero-order valence-electron chi connectivity index (χ0n) is 13.6. The number of unbranched alkanes of at least 4 members (excludes halogenated alkanes) is 1. The van der Waals surface area contributed by atoms with Gasteiger partial charge in [0, 0.05) is 30.9 Å². The van der Waals surface area contributed by atoms with Crippen LogP contribution < -0.4 is 0 Å². The number of hydrogen-bond acceptors (Lipinski definition) is 3. The van der Waals surface area contributed by atoms with Crippen molar-refractivity contribution in [2.45, 2.75) is 46.1 Å². The quantitative estimate of drug-likeness (QED) is 0.802. The van der Waals surface area contributed by atoms with Crippen molar-refractivity contribution in [2.24, 2.45) is 5.92 Å². The van der Waals surface area contributed by atoms with E-state index in [0.29, 0.717) is 5.91 Å².